The topological polar surface area (TPSA) is 98.9 Å². The van der Waals surface area contributed by atoms with Gasteiger partial charge in [-0.2, -0.15) is 5.10 Å². The minimum atomic E-state index is -3.97. The molecule has 3 rings (SSSR count). The number of rotatable bonds is 4. The number of aromatic nitrogens is 4. The Kier molecular flexibility index (Phi) is 4.17. The van der Waals surface area contributed by atoms with Crippen LogP contribution in [0.3, 0.4) is 0 Å². The number of benzene rings is 1. The van der Waals surface area contributed by atoms with Crippen LogP contribution in [0.4, 0.5) is 0 Å². The van der Waals surface area contributed by atoms with Gasteiger partial charge in [0.2, 0.25) is 0 Å². The Morgan fingerprint density at radius 1 is 1.16 bits per heavy atom. The molecule has 0 fully saturated rings. The van der Waals surface area contributed by atoms with Crippen LogP contribution in [0.2, 0.25) is 0 Å². The number of hydrogen-bond donors (Lipinski definition) is 1. The molecule has 0 saturated carbocycles. The molecule has 0 bridgehead atoms. The van der Waals surface area contributed by atoms with Crippen LogP contribution in [-0.4, -0.2) is 33.7 Å². The number of amides is 1. The Labute approximate surface area is 145 Å². The maximum absolute atomic E-state index is 12.4. The van der Waals surface area contributed by atoms with Crippen LogP contribution >= 0.6 is 0 Å². The van der Waals surface area contributed by atoms with E-state index < -0.39 is 15.9 Å². The number of imidazole rings is 1. The zero-order valence-corrected chi connectivity index (χ0v) is 14.8. The van der Waals surface area contributed by atoms with Gasteiger partial charge in [-0.3, -0.25) is 9.48 Å². The fourth-order valence-corrected chi connectivity index (χ4v) is 3.70. The van der Waals surface area contributed by atoms with E-state index >= 15 is 0 Å². The third-order valence-electron chi connectivity index (χ3n) is 3.77. The Morgan fingerprint density at radius 3 is 2.52 bits per heavy atom. The summed E-state index contributed by atoms with van der Waals surface area (Å²) in [6, 6.07) is 8.21. The molecule has 0 radical (unpaired) electrons. The minimum Gasteiger partial charge on any atom is -0.332 e. The fraction of sp³-hybridized carbons (Fsp3) is 0.188. The van der Waals surface area contributed by atoms with Crippen molar-refractivity contribution in [3.63, 3.8) is 0 Å². The van der Waals surface area contributed by atoms with Crippen LogP contribution in [0.5, 0.6) is 0 Å². The quantitative estimate of drug-likeness (QED) is 0.756. The van der Waals surface area contributed by atoms with Crippen LogP contribution in [-0.2, 0) is 24.1 Å². The van der Waals surface area contributed by atoms with E-state index in [2.05, 4.69) is 14.8 Å². The van der Waals surface area contributed by atoms with Crippen molar-refractivity contribution in [2.45, 2.75) is 11.8 Å². The zero-order chi connectivity index (χ0) is 18.2. The maximum Gasteiger partial charge on any atom is 0.285 e. The summed E-state index contributed by atoms with van der Waals surface area (Å²) in [5.74, 6) is -0.272. The van der Waals surface area contributed by atoms with Crippen molar-refractivity contribution < 1.29 is 13.2 Å². The van der Waals surface area contributed by atoms with Crippen molar-refractivity contribution in [3.8, 4) is 11.5 Å². The second-order valence-corrected chi connectivity index (χ2v) is 7.25. The second kappa shape index (κ2) is 6.17. The normalized spacial score (nSPS) is 11.5. The summed E-state index contributed by atoms with van der Waals surface area (Å²) in [6.45, 7) is 1.67. The molecular weight excluding hydrogens is 342 g/mol. The van der Waals surface area contributed by atoms with E-state index in [9.17, 15) is 13.2 Å². The first kappa shape index (κ1) is 16.9. The smallest absolute Gasteiger partial charge is 0.285 e. The summed E-state index contributed by atoms with van der Waals surface area (Å²) in [5, 5.41) is 4.06. The molecule has 1 aromatic carbocycles. The highest BCUT2D eigenvalue weighted by atomic mass is 32.2. The summed E-state index contributed by atoms with van der Waals surface area (Å²) in [4.78, 5) is 16.7. The van der Waals surface area contributed by atoms with Gasteiger partial charge in [-0.1, -0.05) is 18.2 Å². The van der Waals surface area contributed by atoms with Gasteiger partial charge in [0.1, 0.15) is 11.4 Å². The van der Waals surface area contributed by atoms with E-state index in [0.717, 1.165) is 0 Å². The molecule has 8 nitrogen and oxygen atoms in total. The molecule has 0 atom stereocenters. The molecule has 0 aliphatic heterocycles. The van der Waals surface area contributed by atoms with E-state index in [1.54, 1.807) is 60.7 Å². The lowest BCUT2D eigenvalue weighted by Crippen LogP contribution is -2.31. The molecule has 0 spiro atoms. The SMILES string of the molecule is Cc1ccccc1S(=O)(=O)NC(=O)c1cn(C)c(-c2ccnn2C)n1. The third-order valence-corrected chi connectivity index (χ3v) is 5.26. The Bertz CT molecular complexity index is 1050. The Hall–Kier alpha value is -2.94. The van der Waals surface area contributed by atoms with Gasteiger partial charge in [0.05, 0.1) is 4.90 Å². The van der Waals surface area contributed by atoms with Crippen LogP contribution in [0, 0.1) is 6.92 Å². The molecule has 1 N–H and O–H groups in total. The highest BCUT2D eigenvalue weighted by Crippen LogP contribution is 2.18. The molecular formula is C16H17N5O3S. The number of nitrogens with one attached hydrogen (secondary N) is 1. The van der Waals surface area contributed by atoms with Crippen LogP contribution in [0.1, 0.15) is 16.1 Å². The van der Waals surface area contributed by atoms with Crippen molar-refractivity contribution in [3.05, 3.63) is 54.0 Å². The number of aryl methyl sites for hydroxylation is 3. The highest BCUT2D eigenvalue weighted by molar-refractivity contribution is 7.90. The number of sulfonamides is 1. The lowest BCUT2D eigenvalue weighted by Gasteiger charge is -2.07. The van der Waals surface area contributed by atoms with Crippen LogP contribution < -0.4 is 4.72 Å². The lowest BCUT2D eigenvalue weighted by atomic mass is 10.2. The molecule has 0 aliphatic carbocycles. The molecule has 130 valence electrons. The monoisotopic (exact) mass is 359 g/mol. The van der Waals surface area contributed by atoms with Gasteiger partial charge < -0.3 is 4.57 Å². The highest BCUT2D eigenvalue weighted by Gasteiger charge is 2.23. The molecule has 2 heterocycles. The summed E-state index contributed by atoms with van der Waals surface area (Å²) in [7, 11) is -0.490. The van der Waals surface area contributed by atoms with Crippen molar-refractivity contribution in [1.82, 2.24) is 24.1 Å². The number of carbonyl (C=O) groups excluding carboxylic acids is 1. The summed E-state index contributed by atoms with van der Waals surface area (Å²) in [5.41, 5.74) is 1.28. The predicted molar refractivity (Wildman–Crippen MR) is 91.2 cm³/mol. The van der Waals surface area contributed by atoms with E-state index in [1.807, 2.05) is 0 Å². The van der Waals surface area contributed by atoms with Crippen molar-refractivity contribution >= 4 is 15.9 Å². The number of carbonyl (C=O) groups is 1. The second-order valence-electron chi connectivity index (χ2n) is 5.60. The van der Waals surface area contributed by atoms with E-state index in [-0.39, 0.29) is 10.6 Å². The largest absolute Gasteiger partial charge is 0.332 e. The molecule has 25 heavy (non-hydrogen) atoms. The minimum absolute atomic E-state index is 0.0101. The lowest BCUT2D eigenvalue weighted by molar-refractivity contribution is 0.0977. The maximum atomic E-state index is 12.4. The zero-order valence-electron chi connectivity index (χ0n) is 14.0. The molecule has 0 saturated heterocycles. The molecule has 3 aromatic rings. The third kappa shape index (κ3) is 3.18. The Balaban J connectivity index is 1.90. The predicted octanol–water partition coefficient (Wildman–Crippen LogP) is 1.25. The van der Waals surface area contributed by atoms with Crippen molar-refractivity contribution in [1.29, 1.82) is 0 Å². The van der Waals surface area contributed by atoms with Gasteiger partial charge >= 0.3 is 0 Å². The van der Waals surface area contributed by atoms with Gasteiger partial charge in [-0.25, -0.2) is 18.1 Å². The van der Waals surface area contributed by atoms with Crippen LogP contribution in [0.25, 0.3) is 11.5 Å². The summed E-state index contributed by atoms with van der Waals surface area (Å²) >= 11 is 0. The van der Waals surface area contributed by atoms with Crippen molar-refractivity contribution in [2.75, 3.05) is 0 Å². The van der Waals surface area contributed by atoms with Gasteiger partial charge in [-0.15, -0.1) is 0 Å². The average Bonchev–Trinajstić information content (AvgIpc) is 3.12. The molecule has 1 amide bonds. The van der Waals surface area contributed by atoms with Crippen molar-refractivity contribution in [2.24, 2.45) is 14.1 Å². The molecule has 0 aliphatic rings. The molecule has 0 unspecified atom stereocenters. The van der Waals surface area contributed by atoms with E-state index in [1.165, 1.54) is 12.3 Å². The van der Waals surface area contributed by atoms with E-state index in [4.69, 9.17) is 0 Å². The standard InChI is InChI=1S/C16H17N5O3S/c1-11-6-4-5-7-14(11)25(23,24)19-16(22)12-10-20(2)15(18-12)13-8-9-17-21(13)3/h4-10H,1-3H3,(H,19,22). The summed E-state index contributed by atoms with van der Waals surface area (Å²) in [6.07, 6.45) is 3.09. The fourth-order valence-electron chi connectivity index (χ4n) is 2.49. The first-order valence-electron chi connectivity index (χ1n) is 7.44. The number of hydrogen-bond acceptors (Lipinski definition) is 5. The first-order chi connectivity index (χ1) is 11.8. The first-order valence-corrected chi connectivity index (χ1v) is 8.92. The number of nitrogens with zero attached hydrogens (tertiary/aromatic N) is 4. The Morgan fingerprint density at radius 2 is 1.88 bits per heavy atom. The van der Waals surface area contributed by atoms with Gasteiger partial charge in [0, 0.05) is 26.5 Å². The van der Waals surface area contributed by atoms with Gasteiger partial charge in [-0.05, 0) is 24.6 Å². The van der Waals surface area contributed by atoms with Gasteiger partial charge in [0.15, 0.2) is 5.82 Å². The van der Waals surface area contributed by atoms with Crippen LogP contribution in [0.15, 0.2) is 47.6 Å². The average molecular weight is 359 g/mol. The molecule has 9 heteroatoms. The van der Waals surface area contributed by atoms with E-state index in [0.29, 0.717) is 17.1 Å². The summed E-state index contributed by atoms with van der Waals surface area (Å²) < 4.78 is 30.2. The van der Waals surface area contributed by atoms with Gasteiger partial charge in [0.25, 0.3) is 15.9 Å². The molecule has 2 aromatic heterocycles.